The largest absolute Gasteiger partial charge is 0.415 e. The number of nitrogens with zero attached hydrogens (tertiary/aromatic N) is 2. The summed E-state index contributed by atoms with van der Waals surface area (Å²) in [5.74, 6) is -0.715. The van der Waals surface area contributed by atoms with E-state index in [2.05, 4.69) is 20.9 Å². The standard InChI is InChI=1S/C21H13BrN2O3/c22-16-11-12-17-23-18(14-7-3-1-4-8-14)19(20(25)24(17)13-16)27-21(26)15-9-5-2-6-10-15/h1-13H. The zero-order chi connectivity index (χ0) is 18.8. The highest BCUT2D eigenvalue weighted by Gasteiger charge is 2.20. The Hall–Kier alpha value is -3.25. The van der Waals surface area contributed by atoms with Crippen LogP contribution in [0.3, 0.4) is 0 Å². The van der Waals surface area contributed by atoms with Gasteiger partial charge in [-0.2, -0.15) is 0 Å². The zero-order valence-electron chi connectivity index (χ0n) is 14.0. The number of halogens is 1. The number of hydrogen-bond acceptors (Lipinski definition) is 4. The minimum atomic E-state index is -0.610. The van der Waals surface area contributed by atoms with Crippen molar-refractivity contribution in [1.82, 2.24) is 9.38 Å². The lowest BCUT2D eigenvalue weighted by Crippen LogP contribution is -2.22. The van der Waals surface area contributed by atoms with E-state index < -0.39 is 11.5 Å². The second kappa shape index (κ2) is 7.17. The van der Waals surface area contributed by atoms with Gasteiger partial charge in [0.25, 0.3) is 0 Å². The van der Waals surface area contributed by atoms with Crippen molar-refractivity contribution >= 4 is 27.5 Å². The first-order valence-electron chi connectivity index (χ1n) is 8.18. The number of esters is 1. The highest BCUT2D eigenvalue weighted by atomic mass is 79.9. The molecule has 0 saturated heterocycles. The van der Waals surface area contributed by atoms with Crippen molar-refractivity contribution in [2.45, 2.75) is 0 Å². The van der Waals surface area contributed by atoms with Crippen LogP contribution >= 0.6 is 15.9 Å². The lowest BCUT2D eigenvalue weighted by atomic mass is 10.1. The normalized spacial score (nSPS) is 10.7. The molecule has 5 nitrogen and oxygen atoms in total. The molecule has 0 saturated carbocycles. The van der Waals surface area contributed by atoms with Crippen LogP contribution in [0.4, 0.5) is 0 Å². The van der Waals surface area contributed by atoms with Crippen molar-refractivity contribution in [3.63, 3.8) is 0 Å². The van der Waals surface area contributed by atoms with Crippen LogP contribution in [0.2, 0.25) is 0 Å². The molecular weight excluding hydrogens is 408 g/mol. The van der Waals surface area contributed by atoms with Crippen LogP contribution in [0.5, 0.6) is 5.75 Å². The number of ether oxygens (including phenoxy) is 1. The second-order valence-electron chi connectivity index (χ2n) is 5.79. The summed E-state index contributed by atoms with van der Waals surface area (Å²) in [6.07, 6.45) is 1.60. The summed E-state index contributed by atoms with van der Waals surface area (Å²) in [4.78, 5) is 30.2. The van der Waals surface area contributed by atoms with Gasteiger partial charge in [0.1, 0.15) is 11.3 Å². The highest BCUT2D eigenvalue weighted by molar-refractivity contribution is 9.10. The number of carbonyl (C=O) groups is 1. The smallest absolute Gasteiger partial charge is 0.343 e. The number of hydrogen-bond donors (Lipinski definition) is 0. The van der Waals surface area contributed by atoms with E-state index in [1.165, 1.54) is 4.40 Å². The first kappa shape index (κ1) is 17.2. The molecule has 132 valence electrons. The summed E-state index contributed by atoms with van der Waals surface area (Å²) in [5.41, 5.74) is 1.38. The molecule has 4 rings (SSSR count). The fraction of sp³-hybridized carbons (Fsp3) is 0. The molecular formula is C21H13BrN2O3. The molecule has 0 unspecified atom stereocenters. The maximum Gasteiger partial charge on any atom is 0.343 e. The van der Waals surface area contributed by atoms with Crippen molar-refractivity contribution in [3.05, 3.63) is 99.4 Å². The van der Waals surface area contributed by atoms with Crippen molar-refractivity contribution in [2.24, 2.45) is 0 Å². The molecule has 0 amide bonds. The lowest BCUT2D eigenvalue weighted by Gasteiger charge is -2.11. The molecule has 0 aliphatic heterocycles. The molecule has 4 aromatic rings. The van der Waals surface area contributed by atoms with Crippen LogP contribution in [-0.2, 0) is 0 Å². The monoisotopic (exact) mass is 420 g/mol. The predicted octanol–water partition coefficient (Wildman–Crippen LogP) is 4.34. The number of fused-ring (bicyclic) bond motifs is 1. The topological polar surface area (TPSA) is 60.7 Å². The summed E-state index contributed by atoms with van der Waals surface area (Å²) >= 11 is 3.35. The van der Waals surface area contributed by atoms with Crippen molar-refractivity contribution in [1.29, 1.82) is 0 Å². The Morgan fingerprint density at radius 3 is 2.30 bits per heavy atom. The molecule has 2 aromatic carbocycles. The van der Waals surface area contributed by atoms with E-state index in [0.29, 0.717) is 26.9 Å². The van der Waals surface area contributed by atoms with Gasteiger partial charge in [-0.1, -0.05) is 48.5 Å². The first-order valence-corrected chi connectivity index (χ1v) is 8.97. The lowest BCUT2D eigenvalue weighted by molar-refractivity contribution is 0.0732. The maximum atomic E-state index is 13.1. The molecule has 0 fully saturated rings. The number of rotatable bonds is 3. The third-order valence-corrected chi connectivity index (χ3v) is 4.47. The van der Waals surface area contributed by atoms with Gasteiger partial charge in [0.2, 0.25) is 5.75 Å². The van der Waals surface area contributed by atoms with Crippen molar-refractivity contribution in [3.8, 4) is 17.0 Å². The average molecular weight is 421 g/mol. The Kier molecular flexibility index (Phi) is 4.56. The van der Waals surface area contributed by atoms with E-state index in [1.54, 1.807) is 48.7 Å². The Morgan fingerprint density at radius 2 is 1.59 bits per heavy atom. The fourth-order valence-electron chi connectivity index (χ4n) is 2.71. The zero-order valence-corrected chi connectivity index (χ0v) is 15.6. The summed E-state index contributed by atoms with van der Waals surface area (Å²) in [6.45, 7) is 0. The van der Waals surface area contributed by atoms with Gasteiger partial charge in [-0.3, -0.25) is 9.20 Å². The third-order valence-electron chi connectivity index (χ3n) is 4.00. The molecule has 0 aliphatic carbocycles. The number of pyridine rings is 1. The van der Waals surface area contributed by atoms with E-state index in [9.17, 15) is 9.59 Å². The number of carbonyl (C=O) groups excluding carboxylic acids is 1. The Labute approximate surface area is 163 Å². The molecule has 27 heavy (non-hydrogen) atoms. The Morgan fingerprint density at radius 1 is 0.926 bits per heavy atom. The van der Waals surface area contributed by atoms with Gasteiger partial charge in [-0.25, -0.2) is 9.78 Å². The van der Waals surface area contributed by atoms with Crippen LogP contribution in [-0.4, -0.2) is 15.4 Å². The summed E-state index contributed by atoms with van der Waals surface area (Å²) < 4.78 is 7.58. The van der Waals surface area contributed by atoms with E-state index in [-0.39, 0.29) is 5.75 Å². The van der Waals surface area contributed by atoms with Gasteiger partial charge in [0, 0.05) is 16.2 Å². The van der Waals surface area contributed by atoms with Crippen molar-refractivity contribution < 1.29 is 9.53 Å². The minimum Gasteiger partial charge on any atom is -0.415 e. The van der Waals surface area contributed by atoms with Gasteiger partial charge < -0.3 is 4.74 Å². The molecule has 0 radical (unpaired) electrons. The molecule has 0 bridgehead atoms. The molecule has 0 atom stereocenters. The first-order chi connectivity index (χ1) is 13.1. The Balaban J connectivity index is 1.92. The number of benzene rings is 2. The third kappa shape index (κ3) is 3.39. The van der Waals surface area contributed by atoms with E-state index in [0.717, 1.165) is 0 Å². The van der Waals surface area contributed by atoms with Crippen LogP contribution in [0.15, 0.2) is 88.3 Å². The minimum absolute atomic E-state index is 0.106. The van der Waals surface area contributed by atoms with E-state index in [4.69, 9.17) is 4.74 Å². The second-order valence-corrected chi connectivity index (χ2v) is 6.71. The fourth-order valence-corrected chi connectivity index (χ4v) is 3.04. The van der Waals surface area contributed by atoms with E-state index in [1.807, 2.05) is 30.3 Å². The van der Waals surface area contributed by atoms with Crippen LogP contribution in [0.25, 0.3) is 16.9 Å². The summed E-state index contributed by atoms with van der Waals surface area (Å²) in [6, 6.07) is 21.2. The average Bonchev–Trinajstić information content (AvgIpc) is 2.71. The van der Waals surface area contributed by atoms with Gasteiger partial charge in [0.15, 0.2) is 0 Å². The molecule has 2 aromatic heterocycles. The highest BCUT2D eigenvalue weighted by Crippen LogP contribution is 2.26. The molecule has 0 spiro atoms. The molecule has 6 heteroatoms. The van der Waals surface area contributed by atoms with Gasteiger partial charge >= 0.3 is 11.5 Å². The summed E-state index contributed by atoms with van der Waals surface area (Å²) in [5, 5.41) is 0. The van der Waals surface area contributed by atoms with Crippen LogP contribution < -0.4 is 10.3 Å². The van der Waals surface area contributed by atoms with Crippen LogP contribution in [0.1, 0.15) is 10.4 Å². The Bertz CT molecular complexity index is 1190. The SMILES string of the molecule is O=C(Oc1c(-c2ccccc2)nc2ccc(Br)cn2c1=O)c1ccccc1. The maximum absolute atomic E-state index is 13.1. The van der Waals surface area contributed by atoms with Crippen molar-refractivity contribution in [2.75, 3.05) is 0 Å². The van der Waals surface area contributed by atoms with Gasteiger partial charge in [0.05, 0.1) is 5.56 Å². The number of aromatic nitrogens is 2. The quantitative estimate of drug-likeness (QED) is 0.462. The molecule has 0 aliphatic rings. The van der Waals surface area contributed by atoms with Crippen LogP contribution in [0, 0.1) is 0 Å². The molecule has 0 N–H and O–H groups in total. The van der Waals surface area contributed by atoms with Gasteiger partial charge in [-0.15, -0.1) is 0 Å². The molecule has 2 heterocycles. The van der Waals surface area contributed by atoms with Gasteiger partial charge in [-0.05, 0) is 40.2 Å². The van der Waals surface area contributed by atoms with E-state index >= 15 is 0 Å². The predicted molar refractivity (Wildman–Crippen MR) is 106 cm³/mol. The summed E-state index contributed by atoms with van der Waals surface area (Å²) in [7, 11) is 0.